The standard InChI is InChI=1S/C15H17NO7/c1-4-15(5-2)13(17)22-12(23-14(15)18)9-7-6-8-10(21-3)11(9)16(19)20/h6-8,12H,4-5H2,1-3H3. The minimum absolute atomic E-state index is 0.0117. The summed E-state index contributed by atoms with van der Waals surface area (Å²) in [6.07, 6.45) is -1.00. The van der Waals surface area contributed by atoms with Crippen molar-refractivity contribution in [3.63, 3.8) is 0 Å². The molecule has 124 valence electrons. The summed E-state index contributed by atoms with van der Waals surface area (Å²) in [4.78, 5) is 35.2. The molecule has 1 fully saturated rings. The number of hydrogen-bond acceptors (Lipinski definition) is 7. The van der Waals surface area contributed by atoms with E-state index in [2.05, 4.69) is 0 Å². The fourth-order valence-corrected chi connectivity index (χ4v) is 2.57. The molecule has 0 bridgehead atoms. The van der Waals surface area contributed by atoms with Gasteiger partial charge in [0, 0.05) is 0 Å². The molecule has 2 rings (SSSR count). The Labute approximate surface area is 132 Å². The molecule has 0 spiro atoms. The average Bonchev–Trinajstić information content (AvgIpc) is 2.54. The number of carbonyl (C=O) groups is 2. The molecule has 0 radical (unpaired) electrons. The van der Waals surface area contributed by atoms with Crippen LogP contribution in [0.4, 0.5) is 5.69 Å². The Bertz CT molecular complexity index is 631. The van der Waals surface area contributed by atoms with Crippen molar-refractivity contribution in [2.24, 2.45) is 5.41 Å². The van der Waals surface area contributed by atoms with Gasteiger partial charge in [-0.3, -0.25) is 19.7 Å². The van der Waals surface area contributed by atoms with Crippen LogP contribution >= 0.6 is 0 Å². The third-order valence-electron chi connectivity index (χ3n) is 4.10. The molecule has 1 heterocycles. The van der Waals surface area contributed by atoms with Gasteiger partial charge in [-0.05, 0) is 25.0 Å². The first-order valence-corrected chi connectivity index (χ1v) is 7.14. The van der Waals surface area contributed by atoms with Gasteiger partial charge in [-0.1, -0.05) is 19.9 Å². The summed E-state index contributed by atoms with van der Waals surface area (Å²) in [5.41, 5.74) is -1.80. The lowest BCUT2D eigenvalue weighted by atomic mass is 9.82. The van der Waals surface area contributed by atoms with E-state index < -0.39 is 34.3 Å². The molecule has 23 heavy (non-hydrogen) atoms. The Balaban J connectivity index is 2.45. The molecular weight excluding hydrogens is 306 g/mol. The van der Waals surface area contributed by atoms with Gasteiger partial charge in [0.2, 0.25) is 0 Å². The molecule has 0 saturated carbocycles. The van der Waals surface area contributed by atoms with Gasteiger partial charge in [-0.15, -0.1) is 0 Å². The largest absolute Gasteiger partial charge is 0.490 e. The summed E-state index contributed by atoms with van der Waals surface area (Å²) in [6, 6.07) is 4.25. The number of nitrogens with zero attached hydrogens (tertiary/aromatic N) is 1. The van der Waals surface area contributed by atoms with Gasteiger partial charge in [0.15, 0.2) is 11.2 Å². The van der Waals surface area contributed by atoms with Crippen LogP contribution in [-0.4, -0.2) is 24.0 Å². The topological polar surface area (TPSA) is 105 Å². The summed E-state index contributed by atoms with van der Waals surface area (Å²) in [6.45, 7) is 3.36. The Kier molecular flexibility index (Phi) is 4.53. The molecule has 1 aromatic carbocycles. The zero-order valence-electron chi connectivity index (χ0n) is 13.0. The maximum absolute atomic E-state index is 12.3. The third-order valence-corrected chi connectivity index (χ3v) is 4.10. The number of para-hydroxylation sites is 1. The van der Waals surface area contributed by atoms with Crippen molar-refractivity contribution in [3.05, 3.63) is 33.9 Å². The summed E-state index contributed by atoms with van der Waals surface area (Å²) in [7, 11) is 1.28. The average molecular weight is 323 g/mol. The first kappa shape index (κ1) is 16.7. The van der Waals surface area contributed by atoms with Crippen LogP contribution in [0.5, 0.6) is 5.75 Å². The smallest absolute Gasteiger partial charge is 0.326 e. The zero-order valence-corrected chi connectivity index (χ0v) is 13.0. The van der Waals surface area contributed by atoms with E-state index in [0.29, 0.717) is 0 Å². The highest BCUT2D eigenvalue weighted by Gasteiger charge is 2.52. The van der Waals surface area contributed by atoms with Crippen LogP contribution in [0.1, 0.15) is 38.5 Å². The summed E-state index contributed by atoms with van der Waals surface area (Å²) in [5.74, 6) is -1.48. The van der Waals surface area contributed by atoms with E-state index in [1.807, 2.05) is 0 Å². The van der Waals surface area contributed by atoms with Crippen LogP contribution in [0.3, 0.4) is 0 Å². The summed E-state index contributed by atoms with van der Waals surface area (Å²) < 4.78 is 15.3. The number of hydrogen-bond donors (Lipinski definition) is 0. The molecule has 0 aliphatic carbocycles. The molecule has 1 saturated heterocycles. The van der Waals surface area contributed by atoms with E-state index in [1.54, 1.807) is 13.8 Å². The maximum atomic E-state index is 12.3. The first-order chi connectivity index (χ1) is 10.9. The number of carbonyl (C=O) groups excluding carboxylic acids is 2. The summed E-state index contributed by atoms with van der Waals surface area (Å²) in [5, 5.41) is 11.3. The van der Waals surface area contributed by atoms with Crippen molar-refractivity contribution in [2.45, 2.75) is 33.0 Å². The second kappa shape index (κ2) is 6.23. The minimum Gasteiger partial charge on any atom is -0.490 e. The Morgan fingerprint density at radius 3 is 2.22 bits per heavy atom. The minimum atomic E-state index is -1.46. The second-order valence-corrected chi connectivity index (χ2v) is 5.09. The van der Waals surface area contributed by atoms with Gasteiger partial charge in [0.25, 0.3) is 6.29 Å². The maximum Gasteiger partial charge on any atom is 0.326 e. The number of cyclic esters (lactones) is 2. The van der Waals surface area contributed by atoms with Gasteiger partial charge in [0.1, 0.15) is 5.56 Å². The summed E-state index contributed by atoms with van der Waals surface area (Å²) >= 11 is 0. The fourth-order valence-electron chi connectivity index (χ4n) is 2.57. The lowest BCUT2D eigenvalue weighted by molar-refractivity contribution is -0.387. The molecule has 0 amide bonds. The van der Waals surface area contributed by atoms with Crippen molar-refractivity contribution in [1.29, 1.82) is 0 Å². The van der Waals surface area contributed by atoms with Crippen LogP contribution in [-0.2, 0) is 19.1 Å². The van der Waals surface area contributed by atoms with Crippen LogP contribution in [0.15, 0.2) is 18.2 Å². The fraction of sp³-hybridized carbons (Fsp3) is 0.467. The van der Waals surface area contributed by atoms with Crippen molar-refractivity contribution in [1.82, 2.24) is 0 Å². The number of nitro groups is 1. The molecular formula is C15H17NO7. The van der Waals surface area contributed by atoms with Crippen molar-refractivity contribution in [2.75, 3.05) is 7.11 Å². The van der Waals surface area contributed by atoms with E-state index >= 15 is 0 Å². The molecule has 0 atom stereocenters. The molecule has 1 aliphatic heterocycles. The number of rotatable bonds is 5. The molecule has 8 nitrogen and oxygen atoms in total. The van der Waals surface area contributed by atoms with Gasteiger partial charge in [-0.2, -0.15) is 0 Å². The van der Waals surface area contributed by atoms with E-state index in [4.69, 9.17) is 14.2 Å². The quantitative estimate of drug-likeness (QED) is 0.355. The lowest BCUT2D eigenvalue weighted by Crippen LogP contribution is -2.46. The molecule has 8 heteroatoms. The van der Waals surface area contributed by atoms with Crippen LogP contribution in [0.2, 0.25) is 0 Å². The van der Waals surface area contributed by atoms with E-state index in [-0.39, 0.29) is 24.2 Å². The molecule has 1 aliphatic rings. The van der Waals surface area contributed by atoms with E-state index in [9.17, 15) is 19.7 Å². The highest BCUT2D eigenvalue weighted by atomic mass is 16.7. The van der Waals surface area contributed by atoms with E-state index in [0.717, 1.165) is 0 Å². The van der Waals surface area contributed by atoms with Gasteiger partial charge in [0.05, 0.1) is 12.0 Å². The molecule has 0 N–H and O–H groups in total. The van der Waals surface area contributed by atoms with Crippen molar-refractivity contribution in [3.8, 4) is 5.75 Å². The number of esters is 2. The van der Waals surface area contributed by atoms with Gasteiger partial charge < -0.3 is 14.2 Å². The predicted octanol–water partition coefficient (Wildman–Crippen LogP) is 2.51. The predicted molar refractivity (Wildman–Crippen MR) is 77.6 cm³/mol. The second-order valence-electron chi connectivity index (χ2n) is 5.09. The molecule has 0 unspecified atom stereocenters. The van der Waals surface area contributed by atoms with Crippen molar-refractivity contribution < 1.29 is 28.7 Å². The normalized spacial score (nSPS) is 17.3. The van der Waals surface area contributed by atoms with Crippen LogP contribution in [0, 0.1) is 15.5 Å². The number of methoxy groups -OCH3 is 1. The number of ether oxygens (including phenoxy) is 3. The molecule has 1 aromatic rings. The Hall–Kier alpha value is -2.64. The third kappa shape index (κ3) is 2.60. The monoisotopic (exact) mass is 323 g/mol. The first-order valence-electron chi connectivity index (χ1n) is 7.14. The Morgan fingerprint density at radius 2 is 1.78 bits per heavy atom. The highest BCUT2D eigenvalue weighted by Crippen LogP contribution is 2.43. The van der Waals surface area contributed by atoms with Crippen LogP contribution in [0.25, 0.3) is 0 Å². The van der Waals surface area contributed by atoms with Gasteiger partial charge >= 0.3 is 17.6 Å². The SMILES string of the molecule is CCC1(CC)C(=O)OC(c2cccc(OC)c2[N+](=O)[O-])OC1=O. The lowest BCUT2D eigenvalue weighted by Gasteiger charge is -2.35. The Morgan fingerprint density at radius 1 is 1.22 bits per heavy atom. The van der Waals surface area contributed by atoms with Crippen molar-refractivity contribution >= 4 is 17.6 Å². The number of nitro benzene ring substituents is 1. The van der Waals surface area contributed by atoms with E-state index in [1.165, 1.54) is 25.3 Å². The highest BCUT2D eigenvalue weighted by molar-refractivity contribution is 6.01. The van der Waals surface area contributed by atoms with Crippen LogP contribution < -0.4 is 4.74 Å². The zero-order chi connectivity index (χ0) is 17.2. The number of benzene rings is 1. The van der Waals surface area contributed by atoms with Gasteiger partial charge in [-0.25, -0.2) is 0 Å². The molecule has 0 aromatic heterocycles.